The number of nitrogens with zero attached hydrogens (tertiary/aromatic N) is 3. The second-order valence-electron chi connectivity index (χ2n) is 6.76. The molecule has 2 aromatic rings. The summed E-state index contributed by atoms with van der Waals surface area (Å²) in [5.41, 5.74) is 0.332. The van der Waals surface area contributed by atoms with E-state index in [-0.39, 0.29) is 16.2 Å². The Kier molecular flexibility index (Phi) is 5.18. The van der Waals surface area contributed by atoms with E-state index in [1.54, 1.807) is 11.8 Å². The van der Waals surface area contributed by atoms with Crippen LogP contribution in [0.4, 0.5) is 19.0 Å². The Morgan fingerprint density at radius 3 is 2.54 bits per heavy atom. The van der Waals surface area contributed by atoms with Crippen LogP contribution in [0, 0.1) is 0 Å². The molecular weight excluding hydrogens is 411 g/mol. The van der Waals surface area contributed by atoms with Gasteiger partial charge in [-0.2, -0.15) is 13.2 Å². The average Bonchev–Trinajstić information content (AvgIpc) is 3.11. The number of rotatable bonds is 2. The van der Waals surface area contributed by atoms with Crippen LogP contribution in [0.2, 0.25) is 5.02 Å². The van der Waals surface area contributed by atoms with E-state index in [1.807, 2.05) is 34.1 Å². The number of alkyl halides is 3. The first-order valence-electron chi connectivity index (χ1n) is 8.84. The van der Waals surface area contributed by atoms with Crippen molar-refractivity contribution in [3.63, 3.8) is 0 Å². The fraction of sp³-hybridized carbons (Fsp3) is 0.368. The molecule has 1 amide bonds. The molecule has 9 heteroatoms. The van der Waals surface area contributed by atoms with E-state index in [0.717, 1.165) is 23.6 Å². The minimum Gasteiger partial charge on any atom is -0.352 e. The topological polar surface area (TPSA) is 36.4 Å². The van der Waals surface area contributed by atoms with Gasteiger partial charge in [0.25, 0.3) is 0 Å². The molecule has 0 aliphatic carbocycles. The number of fused-ring (bicyclic) bond motifs is 1. The van der Waals surface area contributed by atoms with Crippen molar-refractivity contribution in [2.45, 2.75) is 22.7 Å². The van der Waals surface area contributed by atoms with Gasteiger partial charge in [-0.05, 0) is 24.1 Å². The van der Waals surface area contributed by atoms with E-state index in [2.05, 4.69) is 4.98 Å². The summed E-state index contributed by atoms with van der Waals surface area (Å²) in [6.45, 7) is 1.94. The van der Waals surface area contributed by atoms with Gasteiger partial charge in [-0.15, -0.1) is 11.8 Å². The van der Waals surface area contributed by atoms with Crippen molar-refractivity contribution < 1.29 is 18.0 Å². The number of carbonyl (C=O) groups excluding carboxylic acids is 1. The van der Waals surface area contributed by atoms with Crippen molar-refractivity contribution in [3.05, 3.63) is 52.7 Å². The van der Waals surface area contributed by atoms with Crippen molar-refractivity contribution in [2.24, 2.45) is 0 Å². The molecule has 4 nitrogen and oxygen atoms in total. The van der Waals surface area contributed by atoms with Crippen molar-refractivity contribution in [1.29, 1.82) is 0 Å². The summed E-state index contributed by atoms with van der Waals surface area (Å²) in [4.78, 5) is 21.6. The lowest BCUT2D eigenvalue weighted by molar-refractivity contribution is -0.137. The Morgan fingerprint density at radius 1 is 1.18 bits per heavy atom. The van der Waals surface area contributed by atoms with Crippen LogP contribution in [0.5, 0.6) is 0 Å². The standard InChI is InChI=1S/C19H17ClF3N3OS/c20-14-10-13(19(21,22)23)11-24-17(14)25-5-7-26(8-6-25)18(27)16-9-12-3-1-2-4-15(12)28-16/h1-4,10-11,16H,5-9H2/t16-/m1/s1. The van der Waals surface area contributed by atoms with E-state index in [1.165, 1.54) is 5.56 Å². The van der Waals surface area contributed by atoms with Crippen LogP contribution in [0.3, 0.4) is 0 Å². The number of hydrogen-bond donors (Lipinski definition) is 0. The second-order valence-corrected chi connectivity index (χ2v) is 8.41. The van der Waals surface area contributed by atoms with Gasteiger partial charge in [-0.3, -0.25) is 4.79 Å². The Bertz CT molecular complexity index is 875. The molecule has 0 bridgehead atoms. The third-order valence-electron chi connectivity index (χ3n) is 4.96. The number of aromatic nitrogens is 1. The summed E-state index contributed by atoms with van der Waals surface area (Å²) in [6.07, 6.45) is -2.95. The first-order chi connectivity index (χ1) is 13.3. The van der Waals surface area contributed by atoms with Crippen LogP contribution in [0.25, 0.3) is 0 Å². The van der Waals surface area contributed by atoms with Crippen LogP contribution >= 0.6 is 23.4 Å². The Hall–Kier alpha value is -1.93. The van der Waals surface area contributed by atoms with Gasteiger partial charge in [0.1, 0.15) is 5.82 Å². The lowest BCUT2D eigenvalue weighted by Crippen LogP contribution is -2.51. The van der Waals surface area contributed by atoms with Crippen LogP contribution in [0.15, 0.2) is 41.4 Å². The molecular formula is C19H17ClF3N3OS. The highest BCUT2D eigenvalue weighted by Crippen LogP contribution is 2.38. The monoisotopic (exact) mass is 427 g/mol. The second kappa shape index (κ2) is 7.48. The van der Waals surface area contributed by atoms with Crippen molar-refractivity contribution in [2.75, 3.05) is 31.1 Å². The van der Waals surface area contributed by atoms with E-state index in [0.29, 0.717) is 32.0 Å². The summed E-state index contributed by atoms with van der Waals surface area (Å²) in [5.74, 6) is 0.428. The molecule has 0 saturated carbocycles. The first kappa shape index (κ1) is 19.4. The largest absolute Gasteiger partial charge is 0.417 e. The highest BCUT2D eigenvalue weighted by Gasteiger charge is 2.34. The fourth-order valence-corrected chi connectivity index (χ4v) is 5.05. The molecule has 28 heavy (non-hydrogen) atoms. The molecule has 4 rings (SSSR count). The third-order valence-corrected chi connectivity index (χ3v) is 6.55. The van der Waals surface area contributed by atoms with Crippen LogP contribution in [-0.4, -0.2) is 47.2 Å². The molecule has 0 N–H and O–H groups in total. The number of amides is 1. The molecule has 0 spiro atoms. The molecule has 1 atom stereocenters. The number of hydrogen-bond acceptors (Lipinski definition) is 4. The Morgan fingerprint density at radius 2 is 1.89 bits per heavy atom. The smallest absolute Gasteiger partial charge is 0.352 e. The highest BCUT2D eigenvalue weighted by molar-refractivity contribution is 8.01. The van der Waals surface area contributed by atoms with Crippen LogP contribution in [0.1, 0.15) is 11.1 Å². The quantitative estimate of drug-likeness (QED) is 0.722. The maximum absolute atomic E-state index is 12.9. The molecule has 1 aromatic heterocycles. The number of benzene rings is 1. The van der Waals surface area contributed by atoms with Crippen LogP contribution < -0.4 is 4.90 Å². The number of piperazine rings is 1. The summed E-state index contributed by atoms with van der Waals surface area (Å²) in [6, 6.07) is 8.92. The molecule has 0 unspecified atom stereocenters. The summed E-state index contributed by atoms with van der Waals surface area (Å²) in [5, 5.41) is -0.145. The molecule has 2 aliphatic heterocycles. The van der Waals surface area contributed by atoms with Crippen molar-refractivity contribution in [1.82, 2.24) is 9.88 Å². The minimum atomic E-state index is -4.48. The predicted molar refractivity (Wildman–Crippen MR) is 103 cm³/mol. The minimum absolute atomic E-state index is 0.0311. The average molecular weight is 428 g/mol. The van der Waals surface area contributed by atoms with E-state index >= 15 is 0 Å². The zero-order valence-corrected chi connectivity index (χ0v) is 16.3. The van der Waals surface area contributed by atoms with Gasteiger partial charge in [0.2, 0.25) is 5.91 Å². The maximum Gasteiger partial charge on any atom is 0.417 e. The lowest BCUT2D eigenvalue weighted by Gasteiger charge is -2.36. The van der Waals surface area contributed by atoms with E-state index in [4.69, 9.17) is 11.6 Å². The fourth-order valence-electron chi connectivity index (χ4n) is 3.48. The Balaban J connectivity index is 1.38. The summed E-state index contributed by atoms with van der Waals surface area (Å²) >= 11 is 7.63. The number of thioether (sulfide) groups is 1. The van der Waals surface area contributed by atoms with Crippen molar-refractivity contribution in [3.8, 4) is 0 Å². The summed E-state index contributed by atoms with van der Waals surface area (Å²) < 4.78 is 38.3. The van der Waals surface area contributed by atoms with Gasteiger partial charge in [-0.25, -0.2) is 4.98 Å². The lowest BCUT2D eigenvalue weighted by atomic mass is 10.1. The van der Waals surface area contributed by atoms with Gasteiger partial charge in [0.05, 0.1) is 15.8 Å². The van der Waals surface area contributed by atoms with Gasteiger partial charge < -0.3 is 9.80 Å². The maximum atomic E-state index is 12.9. The van der Waals surface area contributed by atoms with Gasteiger partial charge in [-0.1, -0.05) is 29.8 Å². The summed E-state index contributed by atoms with van der Waals surface area (Å²) in [7, 11) is 0. The molecule has 0 radical (unpaired) electrons. The molecule has 1 saturated heterocycles. The molecule has 1 aromatic carbocycles. The number of carbonyl (C=O) groups is 1. The normalized spacial score (nSPS) is 19.6. The zero-order valence-electron chi connectivity index (χ0n) is 14.7. The van der Waals surface area contributed by atoms with Gasteiger partial charge >= 0.3 is 6.18 Å². The predicted octanol–water partition coefficient (Wildman–Crippen LogP) is 4.12. The molecule has 1 fully saturated rings. The zero-order chi connectivity index (χ0) is 19.9. The van der Waals surface area contributed by atoms with Crippen LogP contribution in [-0.2, 0) is 17.4 Å². The number of anilines is 1. The highest BCUT2D eigenvalue weighted by atomic mass is 35.5. The van der Waals surface area contributed by atoms with Crippen molar-refractivity contribution >= 4 is 35.1 Å². The van der Waals surface area contributed by atoms with E-state index in [9.17, 15) is 18.0 Å². The Labute approximate surface area is 169 Å². The molecule has 148 valence electrons. The SMILES string of the molecule is O=C([C@H]1Cc2ccccc2S1)N1CCN(c2ncc(C(F)(F)F)cc2Cl)CC1. The number of halogens is 4. The third kappa shape index (κ3) is 3.80. The van der Waals surface area contributed by atoms with Gasteiger partial charge in [0.15, 0.2) is 0 Å². The number of pyridine rings is 1. The van der Waals surface area contributed by atoms with E-state index < -0.39 is 11.7 Å². The first-order valence-corrected chi connectivity index (χ1v) is 10.1. The van der Waals surface area contributed by atoms with Gasteiger partial charge in [0, 0.05) is 37.3 Å². The molecule has 2 aliphatic rings. The molecule has 3 heterocycles.